The predicted molar refractivity (Wildman–Crippen MR) is 181 cm³/mol. The minimum atomic E-state index is -0.645. The first kappa shape index (κ1) is 33.2. The van der Waals surface area contributed by atoms with Crippen LogP contribution in [0.4, 0.5) is 8.78 Å². The standard InChI is InChI=1S/C18H19BrFN.C14H11BrO.C4H8FN/c1-13-17(3-2-4-18(13)19)15-7-5-14(6-8-15)11-21-10-9-16(20)12-21;1-10-13(3-2-4-14(10)15)12-7-5-11(9-16)6-8-12;5-4-1-2-6-3-4/h2-8,16H,9-12H2,1H3;2-9H,1H3;4,6H,1-3H2. The SMILES string of the molecule is Cc1c(Br)cccc1-c1ccc(C=O)cc1.Cc1c(Br)cccc1-c1ccc(CN2CCC(F)C2)cc1.FC1CCNC1. The molecule has 0 amide bonds. The highest BCUT2D eigenvalue weighted by Crippen LogP contribution is 2.30. The molecule has 2 heterocycles. The van der Waals surface area contributed by atoms with Crippen molar-refractivity contribution in [2.75, 3.05) is 26.2 Å². The Morgan fingerprint density at radius 2 is 1.35 bits per heavy atom. The maximum atomic E-state index is 13.2. The summed E-state index contributed by atoms with van der Waals surface area (Å²) in [6, 6.07) is 28.6. The fraction of sp³-hybridized carbons (Fsp3) is 0.306. The number of likely N-dealkylation sites (tertiary alicyclic amines) is 1. The van der Waals surface area contributed by atoms with Crippen molar-refractivity contribution in [2.24, 2.45) is 0 Å². The smallest absolute Gasteiger partial charge is 0.150 e. The third kappa shape index (κ3) is 9.64. The molecule has 0 aliphatic carbocycles. The summed E-state index contributed by atoms with van der Waals surface area (Å²) in [7, 11) is 0. The molecule has 2 unspecified atom stereocenters. The van der Waals surface area contributed by atoms with Gasteiger partial charge >= 0.3 is 0 Å². The van der Waals surface area contributed by atoms with E-state index in [-0.39, 0.29) is 0 Å². The summed E-state index contributed by atoms with van der Waals surface area (Å²) >= 11 is 7.09. The van der Waals surface area contributed by atoms with Gasteiger partial charge in [-0.3, -0.25) is 9.69 Å². The lowest BCUT2D eigenvalue weighted by Crippen LogP contribution is -2.20. The molecule has 0 saturated carbocycles. The molecule has 4 aromatic rings. The van der Waals surface area contributed by atoms with Crippen LogP contribution in [0.2, 0.25) is 0 Å². The molecule has 2 aliphatic rings. The zero-order valence-electron chi connectivity index (χ0n) is 24.6. The second-order valence-corrected chi connectivity index (χ2v) is 12.7. The van der Waals surface area contributed by atoms with Crippen LogP contribution in [0.1, 0.15) is 39.9 Å². The maximum absolute atomic E-state index is 13.2. The number of rotatable bonds is 5. The molecule has 3 nitrogen and oxygen atoms in total. The number of aldehydes is 1. The van der Waals surface area contributed by atoms with Crippen LogP contribution in [0.5, 0.6) is 0 Å². The van der Waals surface area contributed by atoms with Crippen LogP contribution in [-0.2, 0) is 6.54 Å². The highest BCUT2D eigenvalue weighted by atomic mass is 79.9. The Kier molecular flexibility index (Phi) is 12.6. The number of hydrogen-bond donors (Lipinski definition) is 1. The van der Waals surface area contributed by atoms with Crippen molar-refractivity contribution < 1.29 is 13.6 Å². The van der Waals surface area contributed by atoms with Gasteiger partial charge in [-0.15, -0.1) is 0 Å². The van der Waals surface area contributed by atoms with Crippen LogP contribution in [0.15, 0.2) is 93.9 Å². The van der Waals surface area contributed by atoms with Crippen molar-refractivity contribution in [2.45, 2.75) is 45.6 Å². The van der Waals surface area contributed by atoms with Gasteiger partial charge in [-0.25, -0.2) is 8.78 Å². The summed E-state index contributed by atoms with van der Waals surface area (Å²) in [6.45, 7) is 7.92. The molecule has 43 heavy (non-hydrogen) atoms. The van der Waals surface area contributed by atoms with E-state index in [1.807, 2.05) is 36.4 Å². The van der Waals surface area contributed by atoms with Gasteiger partial charge in [0.2, 0.25) is 0 Å². The summed E-state index contributed by atoms with van der Waals surface area (Å²) < 4.78 is 27.3. The zero-order chi connectivity index (χ0) is 30.8. The Morgan fingerprint density at radius 3 is 1.77 bits per heavy atom. The lowest BCUT2D eigenvalue weighted by Gasteiger charge is -2.15. The van der Waals surface area contributed by atoms with E-state index in [0.717, 1.165) is 40.4 Å². The third-order valence-corrected chi connectivity index (χ3v) is 9.50. The number of carbonyl (C=O) groups excluding carboxylic acids is 1. The lowest BCUT2D eigenvalue weighted by molar-refractivity contribution is 0.112. The number of halogens is 4. The maximum Gasteiger partial charge on any atom is 0.150 e. The van der Waals surface area contributed by atoms with Gasteiger partial charge in [0.25, 0.3) is 0 Å². The molecular formula is C36H38Br2F2N2O. The summed E-state index contributed by atoms with van der Waals surface area (Å²) in [4.78, 5) is 12.8. The van der Waals surface area contributed by atoms with E-state index in [0.29, 0.717) is 31.5 Å². The molecule has 1 N–H and O–H groups in total. The van der Waals surface area contributed by atoms with Crippen molar-refractivity contribution in [3.8, 4) is 22.3 Å². The average molecular weight is 713 g/mol. The summed E-state index contributed by atoms with van der Waals surface area (Å²) in [5.41, 5.74) is 9.21. The van der Waals surface area contributed by atoms with Crippen LogP contribution in [0.25, 0.3) is 22.3 Å². The minimum Gasteiger partial charge on any atom is -0.314 e. The van der Waals surface area contributed by atoms with Crippen LogP contribution >= 0.6 is 31.9 Å². The predicted octanol–water partition coefficient (Wildman–Crippen LogP) is 9.52. The van der Waals surface area contributed by atoms with Crippen molar-refractivity contribution in [3.63, 3.8) is 0 Å². The van der Waals surface area contributed by atoms with Crippen LogP contribution in [0.3, 0.4) is 0 Å². The number of nitrogens with zero attached hydrogens (tertiary/aromatic N) is 1. The summed E-state index contributed by atoms with van der Waals surface area (Å²) in [5, 5.41) is 2.90. The van der Waals surface area contributed by atoms with Crippen LogP contribution in [-0.4, -0.2) is 49.7 Å². The van der Waals surface area contributed by atoms with E-state index in [1.165, 1.54) is 33.4 Å². The third-order valence-electron chi connectivity index (χ3n) is 7.78. The zero-order valence-corrected chi connectivity index (χ0v) is 27.8. The van der Waals surface area contributed by atoms with E-state index >= 15 is 0 Å². The Balaban J connectivity index is 0.000000169. The summed E-state index contributed by atoms with van der Waals surface area (Å²) in [6.07, 6.45) is 1.03. The molecule has 226 valence electrons. The Morgan fingerprint density at radius 1 is 0.791 bits per heavy atom. The fourth-order valence-electron chi connectivity index (χ4n) is 5.18. The quantitative estimate of drug-likeness (QED) is 0.209. The number of alkyl halides is 2. The van der Waals surface area contributed by atoms with Crippen LogP contribution < -0.4 is 5.32 Å². The Hall–Kier alpha value is -2.71. The molecule has 2 atom stereocenters. The number of nitrogens with one attached hydrogen (secondary N) is 1. The highest BCUT2D eigenvalue weighted by molar-refractivity contribution is 9.10. The van der Waals surface area contributed by atoms with Crippen molar-refractivity contribution >= 4 is 38.1 Å². The lowest BCUT2D eigenvalue weighted by atomic mass is 9.99. The van der Waals surface area contributed by atoms with E-state index in [1.54, 1.807) is 0 Å². The van der Waals surface area contributed by atoms with Gasteiger partial charge in [-0.05, 0) is 84.3 Å². The molecule has 0 bridgehead atoms. The van der Waals surface area contributed by atoms with Gasteiger partial charge in [0.1, 0.15) is 18.6 Å². The Labute approximate surface area is 271 Å². The molecule has 2 saturated heterocycles. The second-order valence-electron chi connectivity index (χ2n) is 11.0. The van der Waals surface area contributed by atoms with E-state index in [2.05, 4.69) is 104 Å². The monoisotopic (exact) mass is 710 g/mol. The molecule has 7 heteroatoms. The van der Waals surface area contributed by atoms with E-state index in [4.69, 9.17) is 0 Å². The van der Waals surface area contributed by atoms with Gasteiger partial charge in [0.15, 0.2) is 0 Å². The van der Waals surface area contributed by atoms with Gasteiger partial charge in [-0.1, -0.05) is 105 Å². The summed E-state index contributed by atoms with van der Waals surface area (Å²) in [5.74, 6) is 0. The van der Waals surface area contributed by atoms with Gasteiger partial charge in [-0.2, -0.15) is 0 Å². The normalized spacial score (nSPS) is 17.9. The number of hydrogen-bond acceptors (Lipinski definition) is 3. The molecule has 2 aliphatic heterocycles. The Bertz CT molecular complexity index is 1470. The molecule has 0 radical (unpaired) electrons. The van der Waals surface area contributed by atoms with E-state index in [9.17, 15) is 13.6 Å². The largest absolute Gasteiger partial charge is 0.314 e. The fourth-order valence-corrected chi connectivity index (χ4v) is 5.91. The number of carbonyl (C=O) groups is 1. The first-order valence-corrected chi connectivity index (χ1v) is 16.2. The van der Waals surface area contributed by atoms with Crippen molar-refractivity contribution in [1.82, 2.24) is 10.2 Å². The minimum absolute atomic E-state index is 0.565. The first-order chi connectivity index (χ1) is 20.7. The number of benzene rings is 4. The van der Waals surface area contributed by atoms with Gasteiger partial charge < -0.3 is 5.32 Å². The molecule has 2 fully saturated rings. The van der Waals surface area contributed by atoms with Crippen LogP contribution in [0, 0.1) is 13.8 Å². The topological polar surface area (TPSA) is 32.3 Å². The molecular weight excluding hydrogens is 674 g/mol. The van der Waals surface area contributed by atoms with E-state index < -0.39 is 12.3 Å². The molecule has 0 spiro atoms. The second kappa shape index (κ2) is 16.4. The van der Waals surface area contributed by atoms with Gasteiger partial charge in [0, 0.05) is 40.7 Å². The first-order valence-electron chi connectivity index (χ1n) is 14.6. The highest BCUT2D eigenvalue weighted by Gasteiger charge is 2.21. The van der Waals surface area contributed by atoms with Crippen molar-refractivity contribution in [3.05, 3.63) is 116 Å². The molecule has 6 rings (SSSR count). The van der Waals surface area contributed by atoms with Gasteiger partial charge in [0.05, 0.1) is 0 Å². The molecule has 0 aromatic heterocycles. The average Bonchev–Trinajstić information content (AvgIpc) is 3.67. The van der Waals surface area contributed by atoms with Crippen molar-refractivity contribution in [1.29, 1.82) is 0 Å². The molecule has 4 aromatic carbocycles.